The molecule has 0 amide bonds. The molecule has 0 unspecified atom stereocenters. The van der Waals surface area contributed by atoms with Crippen molar-refractivity contribution in [1.82, 2.24) is 0 Å². The van der Waals surface area contributed by atoms with E-state index in [0.717, 1.165) is 0 Å². The van der Waals surface area contributed by atoms with Crippen molar-refractivity contribution in [2.75, 3.05) is 0 Å². The van der Waals surface area contributed by atoms with E-state index in [9.17, 15) is 4.79 Å². The zero-order valence-corrected chi connectivity index (χ0v) is 10.3. The molecular formula is C5H9ORb. The SMILES string of the molecule is CC(C)(C)[C-]=O.[Rb+]. The molecule has 0 aromatic heterocycles. The number of carbonyl (C=O) groups excluding carboxylic acids is 1. The molecule has 0 spiro atoms. The Hall–Kier alpha value is 1.48. The normalized spacial score (nSPS) is 9.57. The summed E-state index contributed by atoms with van der Waals surface area (Å²) in [5.74, 6) is 0. The van der Waals surface area contributed by atoms with Crippen LogP contribution in [0.5, 0.6) is 0 Å². The van der Waals surface area contributed by atoms with Gasteiger partial charge in [-0.05, 0) is 0 Å². The van der Waals surface area contributed by atoms with Crippen LogP contribution in [0.25, 0.3) is 0 Å². The van der Waals surface area contributed by atoms with Crippen molar-refractivity contribution >= 4 is 6.29 Å². The standard InChI is InChI=1S/C5H9O.Rb/c1-5(2,3)4-6;/h1-3H3;/q-1;+1. The van der Waals surface area contributed by atoms with Crippen LogP contribution in [0.15, 0.2) is 0 Å². The Labute approximate surface area is 93.7 Å². The van der Waals surface area contributed by atoms with Gasteiger partial charge in [-0.15, -0.1) is 5.41 Å². The molecule has 0 saturated heterocycles. The second kappa shape index (κ2) is 4.36. The first-order valence-corrected chi connectivity index (χ1v) is 1.95. The molecule has 2 heteroatoms. The van der Waals surface area contributed by atoms with E-state index >= 15 is 0 Å². The van der Waals surface area contributed by atoms with Gasteiger partial charge in [0, 0.05) is 0 Å². The molecule has 0 aliphatic rings. The minimum Gasteiger partial charge on any atom is -0.541 e. The first-order chi connectivity index (χ1) is 2.56. The average Bonchev–Trinajstić information content (AvgIpc) is 1.35. The summed E-state index contributed by atoms with van der Waals surface area (Å²) in [6.07, 6.45) is 1.85. The van der Waals surface area contributed by atoms with Crippen LogP contribution in [0.4, 0.5) is 0 Å². The first-order valence-electron chi connectivity index (χ1n) is 1.95. The van der Waals surface area contributed by atoms with Crippen molar-refractivity contribution in [3.05, 3.63) is 0 Å². The summed E-state index contributed by atoms with van der Waals surface area (Å²) in [5.41, 5.74) is -0.264. The van der Waals surface area contributed by atoms with Gasteiger partial charge in [0.05, 0.1) is 0 Å². The molecule has 0 aliphatic heterocycles. The van der Waals surface area contributed by atoms with E-state index in [1.165, 1.54) is 0 Å². The van der Waals surface area contributed by atoms with Crippen LogP contribution in [0, 0.1) is 5.41 Å². The van der Waals surface area contributed by atoms with Crippen molar-refractivity contribution < 1.29 is 63.0 Å². The van der Waals surface area contributed by atoms with Gasteiger partial charge in [0.2, 0.25) is 0 Å². The monoisotopic (exact) mass is 170 g/mol. The van der Waals surface area contributed by atoms with Gasteiger partial charge >= 0.3 is 58.2 Å². The summed E-state index contributed by atoms with van der Waals surface area (Å²) < 4.78 is 0. The molecule has 36 valence electrons. The topological polar surface area (TPSA) is 17.1 Å². The van der Waals surface area contributed by atoms with Gasteiger partial charge in [-0.1, -0.05) is 20.8 Å². The molecule has 1 nitrogen and oxygen atoms in total. The fourth-order valence-corrected chi connectivity index (χ4v) is 0. The van der Waals surface area contributed by atoms with Crippen LogP contribution in [-0.4, -0.2) is 6.29 Å². The molecular weight excluding hydrogens is 162 g/mol. The Bertz CT molecular complexity index is 53.6. The second-order valence-corrected chi connectivity index (χ2v) is 2.35. The van der Waals surface area contributed by atoms with E-state index in [1.807, 2.05) is 27.1 Å². The second-order valence-electron chi connectivity index (χ2n) is 2.35. The molecule has 0 aromatic rings. The van der Waals surface area contributed by atoms with E-state index in [-0.39, 0.29) is 63.6 Å². The Morgan fingerprint density at radius 2 is 1.43 bits per heavy atom. The van der Waals surface area contributed by atoms with Crippen LogP contribution in [0.2, 0.25) is 0 Å². The molecule has 0 saturated carbocycles. The Kier molecular flexibility index (Phi) is 7.04. The average molecular weight is 171 g/mol. The summed E-state index contributed by atoms with van der Waals surface area (Å²) in [5, 5.41) is 0. The third-order valence-electron chi connectivity index (χ3n) is 0.306. The van der Waals surface area contributed by atoms with E-state index in [2.05, 4.69) is 0 Å². The van der Waals surface area contributed by atoms with E-state index in [4.69, 9.17) is 0 Å². The molecule has 0 heterocycles. The maximum absolute atomic E-state index is 9.70. The molecule has 0 fully saturated rings. The molecule has 0 aliphatic carbocycles. The van der Waals surface area contributed by atoms with Gasteiger partial charge < -0.3 is 4.79 Å². The van der Waals surface area contributed by atoms with Gasteiger partial charge in [0.1, 0.15) is 0 Å². The maximum atomic E-state index is 9.70. The number of rotatable bonds is 0. The molecule has 0 aromatic carbocycles. The molecule has 0 bridgehead atoms. The molecule has 0 radical (unpaired) electrons. The fourth-order valence-electron chi connectivity index (χ4n) is 0. The van der Waals surface area contributed by atoms with Gasteiger partial charge in [-0.3, -0.25) is 6.29 Å². The number of hydrogen-bond donors (Lipinski definition) is 0. The van der Waals surface area contributed by atoms with Crippen LogP contribution in [0.3, 0.4) is 0 Å². The summed E-state index contributed by atoms with van der Waals surface area (Å²) >= 11 is 0. The molecule has 7 heavy (non-hydrogen) atoms. The third-order valence-corrected chi connectivity index (χ3v) is 0.306. The van der Waals surface area contributed by atoms with Crippen molar-refractivity contribution in [2.24, 2.45) is 5.41 Å². The molecule has 0 rings (SSSR count). The van der Waals surface area contributed by atoms with Crippen LogP contribution < -0.4 is 58.2 Å². The smallest absolute Gasteiger partial charge is 0.541 e. The minimum absolute atomic E-state index is 0. The van der Waals surface area contributed by atoms with Crippen molar-refractivity contribution in [3.8, 4) is 0 Å². The zero-order valence-electron chi connectivity index (χ0n) is 5.41. The fraction of sp³-hybridized carbons (Fsp3) is 0.800. The Morgan fingerprint density at radius 3 is 1.43 bits per heavy atom. The van der Waals surface area contributed by atoms with E-state index in [1.54, 1.807) is 0 Å². The molecule has 0 N–H and O–H groups in total. The van der Waals surface area contributed by atoms with Crippen molar-refractivity contribution in [1.29, 1.82) is 0 Å². The van der Waals surface area contributed by atoms with Crippen molar-refractivity contribution in [2.45, 2.75) is 20.8 Å². The van der Waals surface area contributed by atoms with Gasteiger partial charge in [0.15, 0.2) is 0 Å². The van der Waals surface area contributed by atoms with E-state index in [0.29, 0.717) is 0 Å². The van der Waals surface area contributed by atoms with Crippen LogP contribution in [-0.2, 0) is 4.79 Å². The van der Waals surface area contributed by atoms with Crippen molar-refractivity contribution in [3.63, 3.8) is 0 Å². The Morgan fingerprint density at radius 1 is 1.29 bits per heavy atom. The summed E-state index contributed by atoms with van der Waals surface area (Å²) in [4.78, 5) is 9.70. The quantitative estimate of drug-likeness (QED) is 0.390. The summed E-state index contributed by atoms with van der Waals surface area (Å²) in [6.45, 7) is 5.46. The van der Waals surface area contributed by atoms with Gasteiger partial charge in [0.25, 0.3) is 0 Å². The van der Waals surface area contributed by atoms with Crippen LogP contribution >= 0.6 is 0 Å². The van der Waals surface area contributed by atoms with E-state index < -0.39 is 0 Å². The minimum atomic E-state index is -0.264. The van der Waals surface area contributed by atoms with Gasteiger partial charge in [-0.2, -0.15) is 0 Å². The summed E-state index contributed by atoms with van der Waals surface area (Å²) in [6, 6.07) is 0. The maximum Gasteiger partial charge on any atom is 1.00 e. The summed E-state index contributed by atoms with van der Waals surface area (Å²) in [7, 11) is 0. The predicted octanol–water partition coefficient (Wildman–Crippen LogP) is -1.85. The predicted molar refractivity (Wildman–Crippen MR) is 25.1 cm³/mol. The Balaban J connectivity index is 0. The zero-order chi connectivity index (χ0) is 5.21. The largest absolute Gasteiger partial charge is 1.00 e. The van der Waals surface area contributed by atoms with Crippen LogP contribution in [0.1, 0.15) is 20.8 Å². The number of hydrogen-bond acceptors (Lipinski definition) is 1. The molecule has 0 atom stereocenters. The first kappa shape index (κ1) is 11.3. The van der Waals surface area contributed by atoms with Gasteiger partial charge in [-0.25, -0.2) is 0 Å². The third kappa shape index (κ3) is 11.2.